The number of benzene rings is 2. The number of amides is 1. The summed E-state index contributed by atoms with van der Waals surface area (Å²) in [7, 11) is 0. The van der Waals surface area contributed by atoms with Crippen LogP contribution >= 0.6 is 0 Å². The first-order chi connectivity index (χ1) is 17.9. The maximum Gasteiger partial charge on any atom is 0.220 e. The van der Waals surface area contributed by atoms with Gasteiger partial charge in [-0.1, -0.05) is 48.4 Å². The molecule has 2 aromatic carbocycles. The highest BCUT2D eigenvalue weighted by Gasteiger charge is 2.30. The quantitative estimate of drug-likeness (QED) is 0.272. The number of Topliss-reactive ketones (excluding diaryl/α,β-unsaturated/α-hetero) is 1. The molecule has 1 fully saturated rings. The highest BCUT2D eigenvalue weighted by Crippen LogP contribution is 2.34. The van der Waals surface area contributed by atoms with Crippen molar-refractivity contribution in [3.8, 4) is 5.75 Å². The van der Waals surface area contributed by atoms with Crippen molar-refractivity contribution in [1.82, 2.24) is 5.32 Å². The topological polar surface area (TPSA) is 102 Å². The number of fused-ring (bicyclic) bond motifs is 1. The van der Waals surface area contributed by atoms with Crippen LogP contribution < -0.4 is 15.8 Å². The van der Waals surface area contributed by atoms with E-state index < -0.39 is 6.10 Å². The number of aliphatic hydroxyl groups is 1. The molecule has 4 atom stereocenters. The molecular formula is C31H42N2O4. The fraction of sp³-hybridized carbons (Fsp3) is 0.548. The van der Waals surface area contributed by atoms with Gasteiger partial charge in [-0.05, 0) is 81.4 Å². The smallest absolute Gasteiger partial charge is 0.220 e. The second kappa shape index (κ2) is 13.2. The summed E-state index contributed by atoms with van der Waals surface area (Å²) in [6.45, 7) is 2.70. The van der Waals surface area contributed by atoms with Gasteiger partial charge in [-0.3, -0.25) is 9.59 Å². The summed E-state index contributed by atoms with van der Waals surface area (Å²) in [6.07, 6.45) is 8.05. The van der Waals surface area contributed by atoms with E-state index in [-0.39, 0.29) is 23.8 Å². The van der Waals surface area contributed by atoms with Crippen LogP contribution in [0, 0.1) is 12.8 Å². The number of hydrogen-bond acceptors (Lipinski definition) is 5. The Morgan fingerprint density at radius 2 is 1.86 bits per heavy atom. The normalized spacial score (nSPS) is 20.5. The Labute approximate surface area is 221 Å². The largest absolute Gasteiger partial charge is 0.493 e. The van der Waals surface area contributed by atoms with E-state index >= 15 is 0 Å². The van der Waals surface area contributed by atoms with Crippen molar-refractivity contribution in [2.75, 3.05) is 6.61 Å². The molecule has 4 rings (SSSR count). The molecule has 37 heavy (non-hydrogen) atoms. The van der Waals surface area contributed by atoms with E-state index in [9.17, 15) is 14.7 Å². The minimum Gasteiger partial charge on any atom is -0.493 e. The first kappa shape index (κ1) is 27.3. The molecule has 1 saturated carbocycles. The second-order valence-corrected chi connectivity index (χ2v) is 11.0. The van der Waals surface area contributed by atoms with Crippen molar-refractivity contribution in [3.63, 3.8) is 0 Å². The lowest BCUT2D eigenvalue weighted by Gasteiger charge is -2.28. The average molecular weight is 507 g/mol. The molecule has 1 aliphatic heterocycles. The molecule has 0 bridgehead atoms. The fourth-order valence-electron chi connectivity index (χ4n) is 5.64. The van der Waals surface area contributed by atoms with Gasteiger partial charge >= 0.3 is 0 Å². The Morgan fingerprint density at radius 3 is 2.62 bits per heavy atom. The van der Waals surface area contributed by atoms with Crippen LogP contribution in [0.3, 0.4) is 0 Å². The zero-order valence-corrected chi connectivity index (χ0v) is 22.1. The lowest BCUT2D eigenvalue weighted by Crippen LogP contribution is -2.40. The third-order valence-corrected chi connectivity index (χ3v) is 7.86. The van der Waals surface area contributed by atoms with E-state index in [1.807, 2.05) is 49.4 Å². The van der Waals surface area contributed by atoms with Crippen LogP contribution in [-0.4, -0.2) is 35.5 Å². The minimum absolute atomic E-state index is 0.0505. The number of carbonyl (C=O) groups excluding carboxylic acids is 2. The number of rotatable bonds is 12. The van der Waals surface area contributed by atoms with Crippen LogP contribution in [0.2, 0.25) is 0 Å². The number of hydrogen-bond donors (Lipinski definition) is 3. The Bertz CT molecular complexity index is 1050. The van der Waals surface area contributed by atoms with Gasteiger partial charge < -0.3 is 20.9 Å². The zero-order valence-electron chi connectivity index (χ0n) is 22.1. The van der Waals surface area contributed by atoms with Gasteiger partial charge in [-0.25, -0.2) is 0 Å². The Hall–Kier alpha value is -2.70. The molecule has 2 aliphatic rings. The predicted molar refractivity (Wildman–Crippen MR) is 146 cm³/mol. The summed E-state index contributed by atoms with van der Waals surface area (Å²) in [4.78, 5) is 25.2. The molecule has 6 heteroatoms. The van der Waals surface area contributed by atoms with Crippen LogP contribution in [-0.2, 0) is 11.2 Å². The van der Waals surface area contributed by atoms with E-state index in [1.54, 1.807) is 0 Å². The minimum atomic E-state index is -0.802. The van der Waals surface area contributed by atoms with E-state index in [1.165, 1.54) is 5.56 Å². The van der Waals surface area contributed by atoms with Crippen molar-refractivity contribution < 1.29 is 19.4 Å². The lowest BCUT2D eigenvalue weighted by atomic mass is 9.90. The zero-order chi connectivity index (χ0) is 26.2. The van der Waals surface area contributed by atoms with Crippen molar-refractivity contribution in [1.29, 1.82) is 0 Å². The summed E-state index contributed by atoms with van der Waals surface area (Å²) in [5, 5.41) is 14.4. The number of nitrogens with two attached hydrogens (primary N) is 1. The molecule has 0 spiro atoms. The van der Waals surface area contributed by atoms with E-state index in [0.29, 0.717) is 31.8 Å². The summed E-state index contributed by atoms with van der Waals surface area (Å²) >= 11 is 0. The number of aryl methyl sites for hydroxylation is 2. The van der Waals surface area contributed by atoms with Gasteiger partial charge in [0.05, 0.1) is 18.8 Å². The molecular weight excluding hydrogens is 464 g/mol. The Balaban J connectivity index is 1.28. The molecule has 1 heterocycles. The molecule has 4 N–H and O–H groups in total. The predicted octanol–water partition coefficient (Wildman–Crippen LogP) is 5.19. The molecule has 1 unspecified atom stereocenters. The van der Waals surface area contributed by atoms with Gasteiger partial charge in [0.25, 0.3) is 0 Å². The number of nitrogens with one attached hydrogen (secondary N) is 1. The van der Waals surface area contributed by atoms with Gasteiger partial charge in [-0.2, -0.15) is 0 Å². The fourth-order valence-corrected chi connectivity index (χ4v) is 5.64. The lowest BCUT2D eigenvalue weighted by molar-refractivity contribution is -0.123. The molecule has 2 aromatic rings. The average Bonchev–Trinajstić information content (AvgIpc) is 3.32. The highest BCUT2D eigenvalue weighted by atomic mass is 16.5. The van der Waals surface area contributed by atoms with Gasteiger partial charge in [-0.15, -0.1) is 0 Å². The molecule has 0 aromatic heterocycles. The van der Waals surface area contributed by atoms with Gasteiger partial charge in [0.1, 0.15) is 5.75 Å². The second-order valence-electron chi connectivity index (χ2n) is 11.0. The maximum absolute atomic E-state index is 12.9. The van der Waals surface area contributed by atoms with E-state index in [0.717, 1.165) is 73.8 Å². The third-order valence-electron chi connectivity index (χ3n) is 7.86. The summed E-state index contributed by atoms with van der Waals surface area (Å²) in [6, 6.07) is 13.4. The van der Waals surface area contributed by atoms with Gasteiger partial charge in [0.15, 0.2) is 5.78 Å². The number of carbonyl (C=O) groups is 2. The van der Waals surface area contributed by atoms with Gasteiger partial charge in [0, 0.05) is 24.4 Å². The summed E-state index contributed by atoms with van der Waals surface area (Å²) in [5.41, 5.74) is 9.98. The molecule has 1 amide bonds. The van der Waals surface area contributed by atoms with Crippen LogP contribution in [0.15, 0.2) is 42.5 Å². The molecule has 0 radical (unpaired) electrons. The van der Waals surface area contributed by atoms with E-state index in [4.69, 9.17) is 10.5 Å². The van der Waals surface area contributed by atoms with Crippen molar-refractivity contribution in [2.24, 2.45) is 11.7 Å². The molecule has 0 saturated heterocycles. The Kier molecular flexibility index (Phi) is 9.75. The number of aliphatic hydroxyl groups excluding tert-OH is 1. The van der Waals surface area contributed by atoms with Crippen molar-refractivity contribution in [3.05, 3.63) is 64.7 Å². The standard InChI is InChI=1S/C31H42N2O4/c1-21-9-12-23(13-10-21)28(34)7-3-2-4-8-30(35)33-27(19-22-11-16-26(32)18-22)31(36)25-15-14-24-6-5-17-37-29(24)20-25/h9-10,12-15,20,22,26-27,31,36H,2-8,11,16-19,32H2,1H3,(H,33,35)/t22?,26-,27+,31+/m0/s1. The van der Waals surface area contributed by atoms with E-state index in [2.05, 4.69) is 5.32 Å². The SMILES string of the molecule is Cc1ccc(C(=O)CCCCCC(=O)N[C@H](CC2CC[C@H](N)C2)[C@H](O)c2ccc3c(c2)OCCC3)cc1. The number of unbranched alkanes of at least 4 members (excludes halogenated alkanes) is 2. The highest BCUT2D eigenvalue weighted by molar-refractivity contribution is 5.96. The Morgan fingerprint density at radius 1 is 1.08 bits per heavy atom. The molecule has 200 valence electrons. The van der Waals surface area contributed by atoms with Crippen LogP contribution in [0.1, 0.15) is 97.4 Å². The monoisotopic (exact) mass is 506 g/mol. The van der Waals surface area contributed by atoms with Crippen LogP contribution in [0.25, 0.3) is 0 Å². The first-order valence-electron chi connectivity index (χ1n) is 14.0. The number of ether oxygens (including phenoxy) is 1. The maximum atomic E-state index is 12.9. The summed E-state index contributed by atoms with van der Waals surface area (Å²) in [5.74, 6) is 1.34. The molecule has 1 aliphatic carbocycles. The van der Waals surface area contributed by atoms with Crippen LogP contribution in [0.4, 0.5) is 0 Å². The van der Waals surface area contributed by atoms with Gasteiger partial charge in [0.2, 0.25) is 5.91 Å². The number of ketones is 1. The first-order valence-corrected chi connectivity index (χ1v) is 14.0. The third kappa shape index (κ3) is 7.89. The van der Waals surface area contributed by atoms with Crippen LogP contribution in [0.5, 0.6) is 5.75 Å². The van der Waals surface area contributed by atoms with Crippen molar-refractivity contribution in [2.45, 2.75) is 95.7 Å². The summed E-state index contributed by atoms with van der Waals surface area (Å²) < 4.78 is 5.81. The molecule has 6 nitrogen and oxygen atoms in total. The van der Waals surface area contributed by atoms with Crippen molar-refractivity contribution >= 4 is 11.7 Å².